The van der Waals surface area contributed by atoms with Crippen LogP contribution < -0.4 is 22.5 Å². The van der Waals surface area contributed by atoms with E-state index >= 15 is 0 Å². The van der Waals surface area contributed by atoms with Gasteiger partial charge in [0.2, 0.25) is 0 Å². The van der Waals surface area contributed by atoms with Crippen LogP contribution in [0.2, 0.25) is 5.15 Å². The smallest absolute Gasteiger partial charge is 0.280 e. The first kappa shape index (κ1) is 25.7. The molecule has 1 rings (SSSR count). The molecule has 0 atom stereocenters. The zero-order chi connectivity index (χ0) is 14.4. The summed E-state index contributed by atoms with van der Waals surface area (Å²) in [7, 11) is 0. The number of nitrogens with one attached hydrogen (secondary N) is 1. The number of hydrogen-bond acceptors (Lipinski definition) is 6. The van der Waals surface area contributed by atoms with Crippen LogP contribution >= 0.6 is 48.8 Å². The third-order valence-corrected chi connectivity index (χ3v) is 2.43. The van der Waals surface area contributed by atoms with Crippen LogP contribution in [-0.2, 0) is 0 Å². The van der Waals surface area contributed by atoms with Crippen molar-refractivity contribution in [3.63, 3.8) is 0 Å². The van der Waals surface area contributed by atoms with Crippen molar-refractivity contribution in [1.82, 2.24) is 15.3 Å². The first-order valence-corrected chi connectivity index (χ1v) is 6.03. The molecule has 128 valence electrons. The molecular weight excluding hydrogens is 376 g/mol. The van der Waals surface area contributed by atoms with E-state index in [4.69, 9.17) is 28.8 Å². The summed E-state index contributed by atoms with van der Waals surface area (Å²) in [6.07, 6.45) is 1.86. The van der Waals surface area contributed by atoms with Crippen LogP contribution in [0.25, 0.3) is 0 Å². The first-order valence-electron chi connectivity index (χ1n) is 5.65. The van der Waals surface area contributed by atoms with E-state index in [1.165, 1.54) is 0 Å². The van der Waals surface area contributed by atoms with Gasteiger partial charge in [0.1, 0.15) is 0 Å². The van der Waals surface area contributed by atoms with Gasteiger partial charge in [0.05, 0.1) is 0 Å². The van der Waals surface area contributed by atoms with Gasteiger partial charge < -0.3 is 17.2 Å². The standard InChI is InChI=1S/C10H16ClN7O.3ClH/c1-2-3-4-15-10(14)18-9(19)5-7(12)17-8(13)6(11)16-5;;;/h2-4H2,1H3,(H4,12,13,17)(H3,14,15,18,19);3*1H. The Morgan fingerprint density at radius 3 is 2.36 bits per heavy atom. The molecule has 1 aromatic rings. The number of guanidine groups is 1. The number of nitrogens with zero attached hydrogens (tertiary/aromatic N) is 3. The van der Waals surface area contributed by atoms with Crippen molar-refractivity contribution >= 4 is 72.3 Å². The summed E-state index contributed by atoms with van der Waals surface area (Å²) in [4.78, 5) is 23.2. The molecule has 0 bridgehead atoms. The Morgan fingerprint density at radius 2 is 1.82 bits per heavy atom. The number of carbonyl (C=O) groups is 1. The number of aromatic nitrogens is 2. The molecule has 0 aliphatic rings. The molecule has 0 aromatic carbocycles. The fourth-order valence-electron chi connectivity index (χ4n) is 1.18. The molecule has 0 unspecified atom stereocenters. The zero-order valence-electron chi connectivity index (χ0n) is 11.7. The molecule has 22 heavy (non-hydrogen) atoms. The van der Waals surface area contributed by atoms with Crippen LogP contribution in [0.1, 0.15) is 30.3 Å². The number of nitrogens with two attached hydrogens (primary N) is 3. The third kappa shape index (κ3) is 7.69. The minimum Gasteiger partial charge on any atom is -0.382 e. The van der Waals surface area contributed by atoms with E-state index in [2.05, 4.69) is 20.3 Å². The Morgan fingerprint density at radius 1 is 1.23 bits per heavy atom. The highest BCUT2D eigenvalue weighted by Crippen LogP contribution is 2.16. The number of aliphatic imine (C=N–C) groups is 1. The lowest BCUT2D eigenvalue weighted by Gasteiger charge is -2.07. The van der Waals surface area contributed by atoms with Crippen molar-refractivity contribution in [2.45, 2.75) is 19.8 Å². The number of halogens is 4. The predicted molar refractivity (Wildman–Crippen MR) is 96.5 cm³/mol. The van der Waals surface area contributed by atoms with Crippen molar-refractivity contribution in [3.05, 3.63) is 10.8 Å². The molecule has 1 aromatic heterocycles. The summed E-state index contributed by atoms with van der Waals surface area (Å²) in [5.41, 5.74) is 16.3. The summed E-state index contributed by atoms with van der Waals surface area (Å²) in [5, 5.41) is 2.25. The fraction of sp³-hybridized carbons (Fsp3) is 0.400. The van der Waals surface area contributed by atoms with Crippen molar-refractivity contribution in [2.24, 2.45) is 10.7 Å². The van der Waals surface area contributed by atoms with Crippen molar-refractivity contribution < 1.29 is 4.79 Å². The SMILES string of the molecule is CCCCN=C(N)NC(=O)c1nc(Cl)c(N)nc1N.Cl.Cl.Cl. The van der Waals surface area contributed by atoms with E-state index in [0.29, 0.717) is 6.54 Å². The van der Waals surface area contributed by atoms with Crippen LogP contribution in [0.4, 0.5) is 11.6 Å². The third-order valence-electron chi connectivity index (χ3n) is 2.16. The van der Waals surface area contributed by atoms with E-state index in [-0.39, 0.29) is 65.7 Å². The van der Waals surface area contributed by atoms with Gasteiger partial charge in [0, 0.05) is 6.54 Å². The average Bonchev–Trinajstić information content (AvgIpc) is 2.34. The minimum atomic E-state index is -0.635. The van der Waals surface area contributed by atoms with Gasteiger partial charge in [-0.2, -0.15) is 0 Å². The molecule has 0 aliphatic carbocycles. The summed E-state index contributed by atoms with van der Waals surface area (Å²) in [6.45, 7) is 2.56. The van der Waals surface area contributed by atoms with Crippen LogP contribution in [0.5, 0.6) is 0 Å². The van der Waals surface area contributed by atoms with Crippen LogP contribution in [0.15, 0.2) is 4.99 Å². The van der Waals surface area contributed by atoms with Gasteiger partial charge in [-0.15, -0.1) is 37.2 Å². The average molecular weight is 395 g/mol. The van der Waals surface area contributed by atoms with Crippen molar-refractivity contribution in [2.75, 3.05) is 18.0 Å². The van der Waals surface area contributed by atoms with E-state index in [1.807, 2.05) is 6.92 Å². The lowest BCUT2D eigenvalue weighted by molar-refractivity contribution is 0.0972. The highest BCUT2D eigenvalue weighted by molar-refractivity contribution is 6.31. The zero-order valence-corrected chi connectivity index (χ0v) is 14.9. The molecule has 0 radical (unpaired) electrons. The van der Waals surface area contributed by atoms with Gasteiger partial charge in [-0.3, -0.25) is 15.1 Å². The maximum absolute atomic E-state index is 11.8. The summed E-state index contributed by atoms with van der Waals surface area (Å²) in [6, 6.07) is 0. The molecule has 12 heteroatoms. The summed E-state index contributed by atoms with van der Waals surface area (Å²) in [5.74, 6) is -0.807. The lowest BCUT2D eigenvalue weighted by atomic mass is 10.3. The second kappa shape index (κ2) is 12.3. The van der Waals surface area contributed by atoms with E-state index < -0.39 is 5.91 Å². The Balaban J connectivity index is -0.00000120. The van der Waals surface area contributed by atoms with Crippen molar-refractivity contribution in [3.8, 4) is 0 Å². The topological polar surface area (TPSA) is 145 Å². The Kier molecular flexibility index (Phi) is 14.4. The maximum atomic E-state index is 11.8. The number of nitrogen functional groups attached to an aromatic ring is 2. The van der Waals surface area contributed by atoms with Crippen molar-refractivity contribution in [1.29, 1.82) is 0 Å². The number of amides is 1. The van der Waals surface area contributed by atoms with Crippen LogP contribution in [0.3, 0.4) is 0 Å². The lowest BCUT2D eigenvalue weighted by Crippen LogP contribution is -2.38. The van der Waals surface area contributed by atoms with Gasteiger partial charge in [-0.25, -0.2) is 9.97 Å². The number of hydrogen-bond donors (Lipinski definition) is 4. The summed E-state index contributed by atoms with van der Waals surface area (Å²) < 4.78 is 0. The normalized spacial score (nSPS) is 9.82. The van der Waals surface area contributed by atoms with Gasteiger partial charge in [0.25, 0.3) is 5.91 Å². The quantitative estimate of drug-likeness (QED) is 0.345. The Bertz CT molecular complexity index is 512. The van der Waals surface area contributed by atoms with Gasteiger partial charge >= 0.3 is 0 Å². The van der Waals surface area contributed by atoms with E-state index in [0.717, 1.165) is 12.8 Å². The van der Waals surface area contributed by atoms with Gasteiger partial charge in [-0.1, -0.05) is 24.9 Å². The number of unbranched alkanes of at least 4 members (excludes halogenated alkanes) is 1. The molecule has 0 fully saturated rings. The molecule has 0 saturated carbocycles. The number of anilines is 2. The van der Waals surface area contributed by atoms with Gasteiger partial charge in [-0.05, 0) is 6.42 Å². The van der Waals surface area contributed by atoms with Crippen LogP contribution in [0, 0.1) is 0 Å². The second-order valence-corrected chi connectivity index (χ2v) is 4.07. The minimum absolute atomic E-state index is 0. The number of carbonyl (C=O) groups excluding carboxylic acids is 1. The Labute approximate surface area is 151 Å². The van der Waals surface area contributed by atoms with E-state index in [1.54, 1.807) is 0 Å². The molecule has 8 nitrogen and oxygen atoms in total. The monoisotopic (exact) mass is 393 g/mol. The molecule has 7 N–H and O–H groups in total. The molecule has 0 spiro atoms. The molecular formula is C10H19Cl4N7O. The molecule has 1 amide bonds. The van der Waals surface area contributed by atoms with Crippen LogP contribution in [-0.4, -0.2) is 28.4 Å². The molecule has 1 heterocycles. The molecule has 0 aliphatic heterocycles. The van der Waals surface area contributed by atoms with Gasteiger partial charge in [0.15, 0.2) is 28.4 Å². The fourth-order valence-corrected chi connectivity index (χ4v) is 1.31. The molecule has 0 saturated heterocycles. The second-order valence-electron chi connectivity index (χ2n) is 3.71. The summed E-state index contributed by atoms with van der Waals surface area (Å²) >= 11 is 5.67. The number of rotatable bonds is 4. The maximum Gasteiger partial charge on any atom is 0.280 e. The Hall–Kier alpha value is -1.22. The first-order chi connectivity index (χ1) is 8.95. The predicted octanol–water partition coefficient (Wildman–Crippen LogP) is 1.40. The highest BCUT2D eigenvalue weighted by Gasteiger charge is 2.16. The van der Waals surface area contributed by atoms with E-state index in [9.17, 15) is 4.79 Å². The highest BCUT2D eigenvalue weighted by atomic mass is 35.5. The largest absolute Gasteiger partial charge is 0.382 e.